The maximum Gasteiger partial charge on any atom is 0.416 e. The van der Waals surface area contributed by atoms with Crippen LogP contribution in [0.3, 0.4) is 0 Å². The van der Waals surface area contributed by atoms with Gasteiger partial charge in [0.05, 0.1) is 5.56 Å². The molecule has 0 aliphatic carbocycles. The molecule has 1 aromatic heterocycles. The Hall–Kier alpha value is -1.30. The SMILES string of the molecule is CCC(N)CCNc1cc(C(F)(F)F)ccn1. The number of nitrogens with two attached hydrogens (primary N) is 1. The first-order valence-electron chi connectivity index (χ1n) is 5.46. The van der Waals surface area contributed by atoms with Gasteiger partial charge in [-0.15, -0.1) is 0 Å². The molecule has 0 fully saturated rings. The summed E-state index contributed by atoms with van der Waals surface area (Å²) in [6.45, 7) is 2.48. The van der Waals surface area contributed by atoms with Crippen LogP contribution < -0.4 is 11.1 Å². The summed E-state index contributed by atoms with van der Waals surface area (Å²) >= 11 is 0. The van der Waals surface area contributed by atoms with Gasteiger partial charge in [0.1, 0.15) is 5.82 Å². The number of hydrogen-bond donors (Lipinski definition) is 2. The number of anilines is 1. The highest BCUT2D eigenvalue weighted by molar-refractivity contribution is 5.38. The zero-order valence-corrected chi connectivity index (χ0v) is 9.59. The first-order chi connectivity index (χ1) is 7.93. The molecule has 0 aliphatic heterocycles. The van der Waals surface area contributed by atoms with Gasteiger partial charge in [-0.05, 0) is 25.0 Å². The molecular weight excluding hydrogens is 231 g/mol. The lowest BCUT2D eigenvalue weighted by Gasteiger charge is -2.11. The van der Waals surface area contributed by atoms with Crippen molar-refractivity contribution in [3.63, 3.8) is 0 Å². The average molecular weight is 247 g/mol. The van der Waals surface area contributed by atoms with Crippen molar-refractivity contribution < 1.29 is 13.2 Å². The van der Waals surface area contributed by atoms with E-state index in [1.807, 2.05) is 6.92 Å². The molecule has 0 saturated carbocycles. The van der Waals surface area contributed by atoms with Crippen LogP contribution in [-0.2, 0) is 6.18 Å². The second-order valence-corrected chi connectivity index (χ2v) is 3.81. The van der Waals surface area contributed by atoms with Crippen LogP contribution in [0.5, 0.6) is 0 Å². The van der Waals surface area contributed by atoms with E-state index in [2.05, 4.69) is 10.3 Å². The Labute approximate surface area is 98.2 Å². The summed E-state index contributed by atoms with van der Waals surface area (Å²) in [5.41, 5.74) is 5.00. The maximum atomic E-state index is 12.4. The van der Waals surface area contributed by atoms with Crippen molar-refractivity contribution in [3.8, 4) is 0 Å². The average Bonchev–Trinajstić information content (AvgIpc) is 2.28. The number of alkyl halides is 3. The first-order valence-corrected chi connectivity index (χ1v) is 5.46. The third kappa shape index (κ3) is 4.60. The van der Waals surface area contributed by atoms with Crippen LogP contribution in [0.25, 0.3) is 0 Å². The van der Waals surface area contributed by atoms with Crippen LogP contribution in [0, 0.1) is 0 Å². The minimum atomic E-state index is -4.33. The monoisotopic (exact) mass is 247 g/mol. The van der Waals surface area contributed by atoms with Crippen LogP contribution in [0.4, 0.5) is 19.0 Å². The summed E-state index contributed by atoms with van der Waals surface area (Å²) < 4.78 is 37.2. The van der Waals surface area contributed by atoms with Crippen molar-refractivity contribution in [1.29, 1.82) is 0 Å². The lowest BCUT2D eigenvalue weighted by Crippen LogP contribution is -2.22. The van der Waals surface area contributed by atoms with E-state index in [9.17, 15) is 13.2 Å². The second kappa shape index (κ2) is 5.86. The zero-order valence-electron chi connectivity index (χ0n) is 9.59. The molecule has 0 bridgehead atoms. The molecule has 96 valence electrons. The van der Waals surface area contributed by atoms with Gasteiger partial charge in [0, 0.05) is 18.8 Å². The number of hydrogen-bond acceptors (Lipinski definition) is 3. The van der Waals surface area contributed by atoms with Gasteiger partial charge in [0.15, 0.2) is 0 Å². The normalized spacial score (nSPS) is 13.5. The summed E-state index contributed by atoms with van der Waals surface area (Å²) in [6.07, 6.45) is -1.64. The standard InChI is InChI=1S/C11H16F3N3/c1-2-9(15)4-6-17-10-7-8(3-5-16-10)11(12,13)14/h3,5,7,9H,2,4,6,15H2,1H3,(H,16,17). The Bertz CT molecular complexity index is 352. The Morgan fingerprint density at radius 1 is 1.47 bits per heavy atom. The van der Waals surface area contributed by atoms with Gasteiger partial charge < -0.3 is 11.1 Å². The van der Waals surface area contributed by atoms with Crippen molar-refractivity contribution in [2.24, 2.45) is 5.73 Å². The largest absolute Gasteiger partial charge is 0.416 e. The van der Waals surface area contributed by atoms with Crippen molar-refractivity contribution in [1.82, 2.24) is 4.98 Å². The van der Waals surface area contributed by atoms with Gasteiger partial charge in [0.25, 0.3) is 0 Å². The number of pyridine rings is 1. The fraction of sp³-hybridized carbons (Fsp3) is 0.545. The van der Waals surface area contributed by atoms with Gasteiger partial charge in [-0.1, -0.05) is 6.92 Å². The molecule has 0 amide bonds. The van der Waals surface area contributed by atoms with Crippen molar-refractivity contribution in [3.05, 3.63) is 23.9 Å². The molecule has 1 rings (SSSR count). The molecule has 0 spiro atoms. The topological polar surface area (TPSA) is 50.9 Å². The van der Waals surface area contributed by atoms with Gasteiger partial charge in [-0.3, -0.25) is 0 Å². The van der Waals surface area contributed by atoms with Crippen molar-refractivity contribution >= 4 is 5.82 Å². The molecule has 0 saturated heterocycles. The smallest absolute Gasteiger partial charge is 0.370 e. The highest BCUT2D eigenvalue weighted by Gasteiger charge is 2.30. The Kier molecular flexibility index (Phi) is 4.74. The molecule has 0 aromatic carbocycles. The highest BCUT2D eigenvalue weighted by atomic mass is 19.4. The maximum absolute atomic E-state index is 12.4. The third-order valence-electron chi connectivity index (χ3n) is 2.43. The predicted octanol–water partition coefficient (Wildman–Crippen LogP) is 2.64. The molecule has 17 heavy (non-hydrogen) atoms. The first kappa shape index (κ1) is 13.8. The lowest BCUT2D eigenvalue weighted by atomic mass is 10.2. The number of nitrogens with zero attached hydrogens (tertiary/aromatic N) is 1. The number of rotatable bonds is 5. The van der Waals surface area contributed by atoms with E-state index in [0.29, 0.717) is 13.0 Å². The molecule has 6 heteroatoms. The van der Waals surface area contributed by atoms with E-state index in [0.717, 1.165) is 24.8 Å². The Morgan fingerprint density at radius 3 is 2.76 bits per heavy atom. The molecule has 0 aliphatic rings. The fourth-order valence-electron chi connectivity index (χ4n) is 1.29. The van der Waals surface area contributed by atoms with Crippen LogP contribution in [0.2, 0.25) is 0 Å². The number of nitrogens with one attached hydrogen (secondary N) is 1. The molecular formula is C11H16F3N3. The minimum absolute atomic E-state index is 0.0632. The lowest BCUT2D eigenvalue weighted by molar-refractivity contribution is -0.137. The number of aromatic nitrogens is 1. The quantitative estimate of drug-likeness (QED) is 0.841. The summed E-state index contributed by atoms with van der Waals surface area (Å²) in [7, 11) is 0. The highest BCUT2D eigenvalue weighted by Crippen LogP contribution is 2.29. The van der Waals surface area contributed by atoms with Crippen molar-refractivity contribution in [2.75, 3.05) is 11.9 Å². The zero-order chi connectivity index (χ0) is 12.9. The predicted molar refractivity (Wildman–Crippen MR) is 60.6 cm³/mol. The molecule has 0 radical (unpaired) electrons. The number of halogens is 3. The van der Waals surface area contributed by atoms with Crippen LogP contribution in [0.15, 0.2) is 18.3 Å². The molecule has 1 atom stereocenters. The Balaban J connectivity index is 2.55. The van der Waals surface area contributed by atoms with Crippen LogP contribution in [-0.4, -0.2) is 17.6 Å². The van der Waals surface area contributed by atoms with E-state index in [1.165, 1.54) is 0 Å². The Morgan fingerprint density at radius 2 is 2.18 bits per heavy atom. The molecule has 1 unspecified atom stereocenters. The summed E-state index contributed by atoms with van der Waals surface area (Å²) in [6, 6.07) is 2.01. The van der Waals surface area contributed by atoms with Gasteiger partial charge in [-0.25, -0.2) is 4.98 Å². The second-order valence-electron chi connectivity index (χ2n) is 3.81. The molecule has 3 N–H and O–H groups in total. The van der Waals surface area contributed by atoms with Gasteiger partial charge in [-0.2, -0.15) is 13.2 Å². The van der Waals surface area contributed by atoms with Gasteiger partial charge in [0.2, 0.25) is 0 Å². The van der Waals surface area contributed by atoms with E-state index >= 15 is 0 Å². The minimum Gasteiger partial charge on any atom is -0.370 e. The molecule has 1 heterocycles. The fourth-order valence-corrected chi connectivity index (χ4v) is 1.29. The summed E-state index contributed by atoms with van der Waals surface area (Å²) in [5.74, 6) is 0.225. The van der Waals surface area contributed by atoms with E-state index < -0.39 is 11.7 Å². The van der Waals surface area contributed by atoms with E-state index in [-0.39, 0.29) is 11.9 Å². The van der Waals surface area contributed by atoms with E-state index in [4.69, 9.17) is 5.73 Å². The molecule has 3 nitrogen and oxygen atoms in total. The molecule has 1 aromatic rings. The van der Waals surface area contributed by atoms with Crippen LogP contribution in [0.1, 0.15) is 25.3 Å². The summed E-state index contributed by atoms with van der Waals surface area (Å²) in [4.78, 5) is 3.82. The third-order valence-corrected chi connectivity index (χ3v) is 2.43. The van der Waals surface area contributed by atoms with E-state index in [1.54, 1.807) is 0 Å². The van der Waals surface area contributed by atoms with Gasteiger partial charge >= 0.3 is 6.18 Å². The van der Waals surface area contributed by atoms with Crippen LogP contribution >= 0.6 is 0 Å². The summed E-state index contributed by atoms with van der Waals surface area (Å²) in [5, 5.41) is 2.83. The van der Waals surface area contributed by atoms with Crippen molar-refractivity contribution in [2.45, 2.75) is 32.0 Å².